The zero-order valence-corrected chi connectivity index (χ0v) is 13.4. The molecule has 1 unspecified atom stereocenters. The molecular formula is C11H9Br2ClOS. The van der Waals surface area contributed by atoms with Crippen molar-refractivity contribution in [2.24, 2.45) is 0 Å². The van der Waals surface area contributed by atoms with E-state index in [1.807, 2.05) is 26.0 Å². The summed E-state index contributed by atoms with van der Waals surface area (Å²) in [5.74, 6) is 1.78. The van der Waals surface area contributed by atoms with Crippen molar-refractivity contribution >= 4 is 54.8 Å². The quantitative estimate of drug-likeness (QED) is 0.596. The highest BCUT2D eigenvalue weighted by Crippen LogP contribution is 2.41. The molecule has 0 amide bonds. The average Bonchev–Trinajstić information content (AvgIpc) is 2.70. The van der Waals surface area contributed by atoms with Crippen LogP contribution >= 0.6 is 54.8 Å². The van der Waals surface area contributed by atoms with E-state index in [0.717, 1.165) is 30.2 Å². The molecule has 0 N–H and O–H groups in total. The molecule has 0 saturated carbocycles. The van der Waals surface area contributed by atoms with Crippen molar-refractivity contribution in [2.45, 2.75) is 19.2 Å². The van der Waals surface area contributed by atoms with Gasteiger partial charge in [0.05, 0.1) is 9.16 Å². The summed E-state index contributed by atoms with van der Waals surface area (Å²) in [5.41, 5.74) is 1.04. The van der Waals surface area contributed by atoms with E-state index in [9.17, 15) is 0 Å². The highest BCUT2D eigenvalue weighted by molar-refractivity contribution is 9.13. The lowest BCUT2D eigenvalue weighted by Crippen LogP contribution is -1.89. The fourth-order valence-electron chi connectivity index (χ4n) is 1.54. The first kappa shape index (κ1) is 12.7. The van der Waals surface area contributed by atoms with Crippen LogP contribution in [0.15, 0.2) is 24.8 Å². The molecule has 0 aliphatic rings. The van der Waals surface area contributed by atoms with Gasteiger partial charge < -0.3 is 4.42 Å². The van der Waals surface area contributed by atoms with Gasteiger partial charge in [0.2, 0.25) is 0 Å². The van der Waals surface area contributed by atoms with Crippen LogP contribution in [0.4, 0.5) is 0 Å². The van der Waals surface area contributed by atoms with E-state index in [1.54, 1.807) is 11.3 Å². The van der Waals surface area contributed by atoms with E-state index >= 15 is 0 Å². The van der Waals surface area contributed by atoms with Gasteiger partial charge in [-0.25, -0.2) is 0 Å². The molecule has 0 saturated heterocycles. The lowest BCUT2D eigenvalue weighted by Gasteiger charge is -2.04. The van der Waals surface area contributed by atoms with E-state index in [0.29, 0.717) is 0 Å². The summed E-state index contributed by atoms with van der Waals surface area (Å²) in [4.78, 5) is 1.10. The molecule has 0 bridgehead atoms. The first-order valence-electron chi connectivity index (χ1n) is 4.64. The van der Waals surface area contributed by atoms with Gasteiger partial charge in [0.15, 0.2) is 0 Å². The zero-order chi connectivity index (χ0) is 11.9. The van der Waals surface area contributed by atoms with Crippen LogP contribution in [0.2, 0.25) is 0 Å². The number of thiophene rings is 1. The second-order valence-corrected chi connectivity index (χ2v) is 7.19. The second kappa shape index (κ2) is 4.84. The summed E-state index contributed by atoms with van der Waals surface area (Å²) in [6.45, 7) is 3.87. The van der Waals surface area contributed by atoms with Gasteiger partial charge in [-0.15, -0.1) is 22.9 Å². The maximum absolute atomic E-state index is 6.44. The first-order chi connectivity index (χ1) is 7.49. The highest BCUT2D eigenvalue weighted by Gasteiger charge is 2.19. The van der Waals surface area contributed by atoms with Crippen LogP contribution in [0.25, 0.3) is 0 Å². The SMILES string of the molecule is Cc1cc(C(Cl)c2cc(Br)c(Br)s2)c(C)o1. The standard InChI is InChI=1S/C11H9Br2ClOS/c1-5-3-7(6(2)15-5)10(14)9-4-8(12)11(13)16-9/h3-4,10H,1-2H3. The monoisotopic (exact) mass is 382 g/mol. The molecule has 2 rings (SSSR count). The lowest BCUT2D eigenvalue weighted by atomic mass is 10.1. The molecule has 0 aliphatic heterocycles. The van der Waals surface area contributed by atoms with Crippen LogP contribution in [0.1, 0.15) is 27.3 Å². The van der Waals surface area contributed by atoms with Crippen molar-refractivity contribution in [1.29, 1.82) is 0 Å². The summed E-state index contributed by atoms with van der Waals surface area (Å²) in [5, 5.41) is -0.148. The Bertz CT molecular complexity index is 499. The molecule has 0 radical (unpaired) electrons. The second-order valence-electron chi connectivity index (χ2n) is 3.50. The van der Waals surface area contributed by atoms with Crippen LogP contribution < -0.4 is 0 Å². The Morgan fingerprint density at radius 2 is 2.00 bits per heavy atom. The minimum absolute atomic E-state index is 0.148. The van der Waals surface area contributed by atoms with Gasteiger partial charge in [-0.3, -0.25) is 0 Å². The van der Waals surface area contributed by atoms with E-state index in [4.69, 9.17) is 16.0 Å². The Morgan fingerprint density at radius 1 is 1.31 bits per heavy atom. The molecule has 2 aromatic rings. The molecule has 0 fully saturated rings. The zero-order valence-electron chi connectivity index (χ0n) is 8.68. The third-order valence-corrected chi connectivity index (χ3v) is 6.19. The summed E-state index contributed by atoms with van der Waals surface area (Å²) < 4.78 is 7.59. The number of hydrogen-bond acceptors (Lipinski definition) is 2. The van der Waals surface area contributed by atoms with Crippen molar-refractivity contribution in [3.05, 3.63) is 42.4 Å². The fraction of sp³-hybridized carbons (Fsp3) is 0.273. The predicted octanol–water partition coefficient (Wildman–Crippen LogP) is 5.81. The number of furan rings is 1. The van der Waals surface area contributed by atoms with Crippen LogP contribution in [0.3, 0.4) is 0 Å². The minimum Gasteiger partial charge on any atom is -0.466 e. The Hall–Kier alpha value is 0.230. The molecule has 16 heavy (non-hydrogen) atoms. The maximum Gasteiger partial charge on any atom is 0.106 e. The van der Waals surface area contributed by atoms with Gasteiger partial charge in [0, 0.05) is 14.9 Å². The highest BCUT2D eigenvalue weighted by atomic mass is 79.9. The summed E-state index contributed by atoms with van der Waals surface area (Å²) in [7, 11) is 0. The molecule has 1 atom stereocenters. The van der Waals surface area contributed by atoms with Gasteiger partial charge in [0.1, 0.15) is 11.5 Å². The van der Waals surface area contributed by atoms with Crippen LogP contribution in [0.5, 0.6) is 0 Å². The predicted molar refractivity (Wildman–Crippen MR) is 75.6 cm³/mol. The van der Waals surface area contributed by atoms with Crippen LogP contribution in [0, 0.1) is 13.8 Å². The van der Waals surface area contributed by atoms with E-state index in [2.05, 4.69) is 31.9 Å². The molecule has 0 spiro atoms. The summed E-state index contributed by atoms with van der Waals surface area (Å²) in [6.07, 6.45) is 0. The Kier molecular flexibility index (Phi) is 3.84. The van der Waals surface area contributed by atoms with Crippen LogP contribution in [-0.4, -0.2) is 0 Å². The number of rotatable bonds is 2. The van der Waals surface area contributed by atoms with E-state index < -0.39 is 0 Å². The van der Waals surface area contributed by atoms with Gasteiger partial charge in [-0.1, -0.05) is 0 Å². The third kappa shape index (κ3) is 2.40. The van der Waals surface area contributed by atoms with E-state index in [1.165, 1.54) is 0 Å². The number of aryl methyl sites for hydroxylation is 2. The van der Waals surface area contributed by atoms with Gasteiger partial charge >= 0.3 is 0 Å². The van der Waals surface area contributed by atoms with Crippen molar-refractivity contribution < 1.29 is 4.42 Å². The topological polar surface area (TPSA) is 13.1 Å². The fourth-order valence-corrected chi connectivity index (χ4v) is 4.04. The Labute approximate surface area is 120 Å². The molecule has 0 aromatic carbocycles. The molecule has 2 heterocycles. The Balaban J connectivity index is 2.38. The molecule has 0 aliphatic carbocycles. The van der Waals surface area contributed by atoms with Gasteiger partial charge in [-0.2, -0.15) is 0 Å². The summed E-state index contributed by atoms with van der Waals surface area (Å²) >= 11 is 15.0. The van der Waals surface area contributed by atoms with Gasteiger partial charge in [-0.05, 0) is 57.8 Å². The van der Waals surface area contributed by atoms with Crippen molar-refractivity contribution in [3.63, 3.8) is 0 Å². The Morgan fingerprint density at radius 3 is 2.44 bits per heavy atom. The average molecular weight is 385 g/mol. The van der Waals surface area contributed by atoms with E-state index in [-0.39, 0.29) is 5.38 Å². The summed E-state index contributed by atoms with van der Waals surface area (Å²) in [6, 6.07) is 4.03. The molecule has 5 heteroatoms. The molecule has 1 nitrogen and oxygen atoms in total. The maximum atomic E-state index is 6.44. The van der Waals surface area contributed by atoms with Crippen molar-refractivity contribution in [1.82, 2.24) is 0 Å². The van der Waals surface area contributed by atoms with Gasteiger partial charge in [0.25, 0.3) is 0 Å². The lowest BCUT2D eigenvalue weighted by molar-refractivity contribution is 0.501. The molecular weight excluding hydrogens is 375 g/mol. The number of halogens is 3. The van der Waals surface area contributed by atoms with Crippen LogP contribution in [-0.2, 0) is 0 Å². The minimum atomic E-state index is -0.148. The van der Waals surface area contributed by atoms with Crippen molar-refractivity contribution in [2.75, 3.05) is 0 Å². The largest absolute Gasteiger partial charge is 0.466 e. The first-order valence-corrected chi connectivity index (χ1v) is 7.48. The molecule has 86 valence electrons. The van der Waals surface area contributed by atoms with Crippen molar-refractivity contribution in [3.8, 4) is 0 Å². The number of hydrogen-bond donors (Lipinski definition) is 0. The number of alkyl halides is 1. The third-order valence-electron chi connectivity index (χ3n) is 2.27. The normalized spacial score (nSPS) is 13.1. The smallest absolute Gasteiger partial charge is 0.106 e. The molecule has 2 aromatic heterocycles.